The van der Waals surface area contributed by atoms with Crippen molar-refractivity contribution in [2.75, 3.05) is 13.1 Å². The van der Waals surface area contributed by atoms with Crippen LogP contribution in [0.4, 0.5) is 0 Å². The number of carboxylic acids is 1. The standard InChI is InChI=1S/C18H23N3O3/c1-14(2)11-20(13-18(23)24)17(22)9-8-15-10-19-21(12-15)16-6-4-3-5-7-16/h3-7,10,12,14H,8-9,11,13H2,1-2H3,(H,23,24). The Balaban J connectivity index is 1.95. The van der Waals surface area contributed by atoms with Crippen molar-refractivity contribution in [3.8, 4) is 5.69 Å². The minimum absolute atomic E-state index is 0.140. The highest BCUT2D eigenvalue weighted by atomic mass is 16.4. The zero-order valence-electron chi connectivity index (χ0n) is 14.1. The first kappa shape index (κ1) is 17.7. The van der Waals surface area contributed by atoms with E-state index in [0.717, 1.165) is 11.3 Å². The number of aromatic nitrogens is 2. The zero-order chi connectivity index (χ0) is 17.5. The molecule has 0 saturated carbocycles. The molecule has 1 amide bonds. The van der Waals surface area contributed by atoms with Crippen LogP contribution in [0.25, 0.3) is 5.69 Å². The van der Waals surface area contributed by atoms with Gasteiger partial charge < -0.3 is 10.0 Å². The van der Waals surface area contributed by atoms with Crippen LogP contribution >= 0.6 is 0 Å². The summed E-state index contributed by atoms with van der Waals surface area (Å²) >= 11 is 0. The van der Waals surface area contributed by atoms with Crippen LogP contribution in [0.2, 0.25) is 0 Å². The van der Waals surface area contributed by atoms with Gasteiger partial charge in [-0.2, -0.15) is 5.10 Å². The first-order valence-corrected chi connectivity index (χ1v) is 8.04. The van der Waals surface area contributed by atoms with E-state index in [1.165, 1.54) is 4.90 Å². The summed E-state index contributed by atoms with van der Waals surface area (Å²) in [6.45, 7) is 4.13. The Morgan fingerprint density at radius 3 is 2.58 bits per heavy atom. The number of aliphatic carboxylic acids is 1. The molecule has 128 valence electrons. The Kier molecular flexibility index (Phi) is 6.12. The average molecular weight is 329 g/mol. The van der Waals surface area contributed by atoms with Crippen LogP contribution in [0, 0.1) is 5.92 Å². The van der Waals surface area contributed by atoms with E-state index in [1.807, 2.05) is 50.4 Å². The number of rotatable bonds is 8. The van der Waals surface area contributed by atoms with E-state index < -0.39 is 5.97 Å². The number of carbonyl (C=O) groups is 2. The fraction of sp³-hybridized carbons (Fsp3) is 0.389. The molecule has 1 aromatic heterocycles. The van der Waals surface area contributed by atoms with Crippen molar-refractivity contribution in [3.05, 3.63) is 48.3 Å². The lowest BCUT2D eigenvalue weighted by Crippen LogP contribution is -2.38. The van der Waals surface area contributed by atoms with Gasteiger partial charge in [-0.15, -0.1) is 0 Å². The molecule has 2 aromatic rings. The summed E-state index contributed by atoms with van der Waals surface area (Å²) in [5.74, 6) is -0.895. The summed E-state index contributed by atoms with van der Waals surface area (Å²) in [6.07, 6.45) is 4.46. The lowest BCUT2D eigenvalue weighted by molar-refractivity contribution is -0.144. The topological polar surface area (TPSA) is 75.4 Å². The molecule has 24 heavy (non-hydrogen) atoms. The first-order chi connectivity index (χ1) is 11.5. The Morgan fingerprint density at radius 1 is 1.25 bits per heavy atom. The van der Waals surface area contributed by atoms with Crippen LogP contribution < -0.4 is 0 Å². The van der Waals surface area contributed by atoms with Crippen molar-refractivity contribution in [1.82, 2.24) is 14.7 Å². The molecule has 0 unspecified atom stereocenters. The van der Waals surface area contributed by atoms with Gasteiger partial charge in [-0.1, -0.05) is 32.0 Å². The predicted octanol–water partition coefficient (Wildman–Crippen LogP) is 2.37. The maximum absolute atomic E-state index is 12.3. The number of nitrogens with zero attached hydrogens (tertiary/aromatic N) is 3. The van der Waals surface area contributed by atoms with Gasteiger partial charge in [-0.25, -0.2) is 4.68 Å². The van der Waals surface area contributed by atoms with Crippen LogP contribution in [0.1, 0.15) is 25.8 Å². The minimum atomic E-state index is -0.985. The maximum Gasteiger partial charge on any atom is 0.323 e. The fourth-order valence-electron chi connectivity index (χ4n) is 2.48. The number of hydrogen-bond donors (Lipinski definition) is 1. The number of hydrogen-bond acceptors (Lipinski definition) is 3. The summed E-state index contributed by atoms with van der Waals surface area (Å²) in [7, 11) is 0. The summed E-state index contributed by atoms with van der Waals surface area (Å²) in [6, 6.07) is 9.74. The molecule has 0 saturated heterocycles. The van der Waals surface area contributed by atoms with Gasteiger partial charge in [0.15, 0.2) is 0 Å². The van der Waals surface area contributed by atoms with E-state index in [-0.39, 0.29) is 24.8 Å². The molecule has 6 heteroatoms. The molecule has 2 rings (SSSR count). The number of benzene rings is 1. The van der Waals surface area contributed by atoms with E-state index in [2.05, 4.69) is 5.10 Å². The summed E-state index contributed by atoms with van der Waals surface area (Å²) < 4.78 is 1.77. The summed E-state index contributed by atoms with van der Waals surface area (Å²) in [4.78, 5) is 24.6. The lowest BCUT2D eigenvalue weighted by Gasteiger charge is -2.22. The van der Waals surface area contributed by atoms with E-state index in [1.54, 1.807) is 10.9 Å². The molecule has 0 aliphatic heterocycles. The molecule has 0 fully saturated rings. The third-order valence-electron chi connectivity index (χ3n) is 3.55. The van der Waals surface area contributed by atoms with Crippen molar-refractivity contribution in [3.63, 3.8) is 0 Å². The molecule has 1 heterocycles. The van der Waals surface area contributed by atoms with E-state index in [4.69, 9.17) is 5.11 Å². The number of carbonyl (C=O) groups excluding carboxylic acids is 1. The van der Waals surface area contributed by atoms with Crippen LogP contribution in [0.15, 0.2) is 42.7 Å². The highest BCUT2D eigenvalue weighted by Crippen LogP contribution is 2.10. The quantitative estimate of drug-likeness (QED) is 0.807. The lowest BCUT2D eigenvalue weighted by atomic mass is 10.1. The van der Waals surface area contributed by atoms with E-state index >= 15 is 0 Å². The Labute approximate surface area is 141 Å². The van der Waals surface area contributed by atoms with Gasteiger partial charge in [0.2, 0.25) is 5.91 Å². The van der Waals surface area contributed by atoms with Gasteiger partial charge in [0.05, 0.1) is 11.9 Å². The Morgan fingerprint density at radius 2 is 1.96 bits per heavy atom. The Bertz CT molecular complexity index is 680. The SMILES string of the molecule is CC(C)CN(CC(=O)O)C(=O)CCc1cnn(-c2ccccc2)c1. The number of amides is 1. The molecule has 1 N–H and O–H groups in total. The molecule has 0 radical (unpaired) electrons. The van der Waals surface area contributed by atoms with Crippen molar-refractivity contribution >= 4 is 11.9 Å². The molecule has 0 bridgehead atoms. The van der Waals surface area contributed by atoms with Crippen molar-refractivity contribution in [1.29, 1.82) is 0 Å². The van der Waals surface area contributed by atoms with E-state index in [9.17, 15) is 9.59 Å². The molecular weight excluding hydrogens is 306 g/mol. The fourth-order valence-corrected chi connectivity index (χ4v) is 2.48. The second-order valence-corrected chi connectivity index (χ2v) is 6.19. The monoisotopic (exact) mass is 329 g/mol. The van der Waals surface area contributed by atoms with Crippen LogP contribution in [0.5, 0.6) is 0 Å². The Hall–Kier alpha value is -2.63. The average Bonchev–Trinajstić information content (AvgIpc) is 3.01. The van der Waals surface area contributed by atoms with Gasteiger partial charge in [-0.05, 0) is 30.0 Å². The molecule has 0 aliphatic carbocycles. The second-order valence-electron chi connectivity index (χ2n) is 6.19. The normalized spacial score (nSPS) is 10.8. The molecule has 0 spiro atoms. The van der Waals surface area contributed by atoms with Crippen molar-refractivity contribution in [2.24, 2.45) is 5.92 Å². The van der Waals surface area contributed by atoms with Crippen LogP contribution in [-0.2, 0) is 16.0 Å². The van der Waals surface area contributed by atoms with Gasteiger partial charge in [-0.3, -0.25) is 9.59 Å². The van der Waals surface area contributed by atoms with Gasteiger partial charge in [0.1, 0.15) is 6.54 Å². The van der Waals surface area contributed by atoms with E-state index in [0.29, 0.717) is 13.0 Å². The smallest absolute Gasteiger partial charge is 0.323 e. The maximum atomic E-state index is 12.3. The molecule has 0 aliphatic rings. The second kappa shape index (κ2) is 8.29. The third-order valence-corrected chi connectivity index (χ3v) is 3.55. The number of aryl methyl sites for hydroxylation is 1. The van der Waals surface area contributed by atoms with Gasteiger partial charge in [0, 0.05) is 19.2 Å². The van der Waals surface area contributed by atoms with Crippen LogP contribution in [0.3, 0.4) is 0 Å². The van der Waals surface area contributed by atoms with Crippen molar-refractivity contribution in [2.45, 2.75) is 26.7 Å². The predicted molar refractivity (Wildman–Crippen MR) is 90.9 cm³/mol. The zero-order valence-corrected chi connectivity index (χ0v) is 14.1. The van der Waals surface area contributed by atoms with Gasteiger partial charge in [0.25, 0.3) is 0 Å². The first-order valence-electron chi connectivity index (χ1n) is 8.04. The van der Waals surface area contributed by atoms with Gasteiger partial charge >= 0.3 is 5.97 Å². The molecule has 6 nitrogen and oxygen atoms in total. The van der Waals surface area contributed by atoms with Crippen LogP contribution in [-0.4, -0.2) is 44.8 Å². The largest absolute Gasteiger partial charge is 0.480 e. The highest BCUT2D eigenvalue weighted by Gasteiger charge is 2.18. The molecule has 0 atom stereocenters. The minimum Gasteiger partial charge on any atom is -0.480 e. The molecular formula is C18H23N3O3. The number of carboxylic acid groups (broad SMARTS) is 1. The highest BCUT2D eigenvalue weighted by molar-refractivity contribution is 5.81. The number of para-hydroxylation sites is 1. The third kappa shape index (κ3) is 5.22. The molecule has 1 aromatic carbocycles. The summed E-state index contributed by atoms with van der Waals surface area (Å²) in [5.41, 5.74) is 1.91. The summed E-state index contributed by atoms with van der Waals surface area (Å²) in [5, 5.41) is 13.3. The van der Waals surface area contributed by atoms with Crippen molar-refractivity contribution < 1.29 is 14.7 Å².